The molecule has 0 aromatic heterocycles. The van der Waals surface area contributed by atoms with Crippen LogP contribution in [0.1, 0.15) is 71.6 Å². The fourth-order valence-corrected chi connectivity index (χ4v) is 1.62. The quantitative estimate of drug-likeness (QED) is 0.436. The standard InChI is InChI=1S/C13H24F2/c1-3-4-5-6-7-8-9-10-11-12(2)13(14)15/h3-11H2,1-2H3. The van der Waals surface area contributed by atoms with Crippen molar-refractivity contribution in [2.75, 3.05) is 0 Å². The summed E-state index contributed by atoms with van der Waals surface area (Å²) in [4.78, 5) is 0. The molecule has 0 aliphatic heterocycles. The Balaban J connectivity index is 3.15. The van der Waals surface area contributed by atoms with Gasteiger partial charge in [0, 0.05) is 0 Å². The molecule has 0 radical (unpaired) electrons. The van der Waals surface area contributed by atoms with Crippen LogP contribution in [0.25, 0.3) is 0 Å². The van der Waals surface area contributed by atoms with Crippen LogP contribution < -0.4 is 0 Å². The minimum Gasteiger partial charge on any atom is -0.173 e. The van der Waals surface area contributed by atoms with Gasteiger partial charge in [-0.25, -0.2) is 0 Å². The summed E-state index contributed by atoms with van der Waals surface area (Å²) in [6.07, 6.45) is 8.79. The Labute approximate surface area is 92.8 Å². The highest BCUT2D eigenvalue weighted by atomic mass is 19.3. The van der Waals surface area contributed by atoms with E-state index >= 15 is 0 Å². The minimum atomic E-state index is -1.49. The molecule has 0 atom stereocenters. The van der Waals surface area contributed by atoms with Crippen LogP contribution in [-0.4, -0.2) is 0 Å². The first-order valence-electron chi connectivity index (χ1n) is 6.19. The average molecular weight is 218 g/mol. The lowest BCUT2D eigenvalue weighted by atomic mass is 10.1. The number of unbranched alkanes of at least 4 members (excludes halogenated alkanes) is 7. The summed E-state index contributed by atoms with van der Waals surface area (Å²) in [6.45, 7) is 3.73. The Morgan fingerprint density at radius 2 is 1.27 bits per heavy atom. The molecule has 0 N–H and O–H groups in total. The van der Waals surface area contributed by atoms with Crippen molar-refractivity contribution >= 4 is 0 Å². The van der Waals surface area contributed by atoms with E-state index < -0.39 is 6.08 Å². The number of rotatable bonds is 9. The maximum absolute atomic E-state index is 12.0. The molecule has 0 aromatic rings. The van der Waals surface area contributed by atoms with Gasteiger partial charge in [-0.3, -0.25) is 0 Å². The van der Waals surface area contributed by atoms with E-state index in [1.807, 2.05) is 0 Å². The zero-order chi connectivity index (χ0) is 11.5. The van der Waals surface area contributed by atoms with Crippen LogP contribution in [0.4, 0.5) is 8.78 Å². The van der Waals surface area contributed by atoms with Crippen molar-refractivity contribution in [3.63, 3.8) is 0 Å². The summed E-state index contributed by atoms with van der Waals surface area (Å²) in [6, 6.07) is 0. The van der Waals surface area contributed by atoms with Gasteiger partial charge in [0.1, 0.15) is 0 Å². The zero-order valence-corrected chi connectivity index (χ0v) is 10.1. The fourth-order valence-electron chi connectivity index (χ4n) is 1.62. The molecule has 0 heterocycles. The highest BCUT2D eigenvalue weighted by Crippen LogP contribution is 2.16. The lowest BCUT2D eigenvalue weighted by Crippen LogP contribution is -1.83. The third-order valence-corrected chi connectivity index (χ3v) is 2.73. The molecule has 0 aliphatic carbocycles. The van der Waals surface area contributed by atoms with Crippen LogP contribution in [0.2, 0.25) is 0 Å². The van der Waals surface area contributed by atoms with E-state index in [1.54, 1.807) is 0 Å². The van der Waals surface area contributed by atoms with E-state index in [-0.39, 0.29) is 5.57 Å². The van der Waals surface area contributed by atoms with Crippen molar-refractivity contribution < 1.29 is 8.78 Å². The predicted octanol–water partition coefficient (Wildman–Crippen LogP) is 5.69. The van der Waals surface area contributed by atoms with Gasteiger partial charge >= 0.3 is 0 Å². The maximum atomic E-state index is 12.0. The monoisotopic (exact) mass is 218 g/mol. The number of halogens is 2. The van der Waals surface area contributed by atoms with E-state index in [9.17, 15) is 8.78 Å². The van der Waals surface area contributed by atoms with E-state index in [0.29, 0.717) is 6.42 Å². The molecule has 0 amide bonds. The third kappa shape index (κ3) is 9.89. The topological polar surface area (TPSA) is 0 Å². The van der Waals surface area contributed by atoms with Gasteiger partial charge in [-0.2, -0.15) is 8.78 Å². The van der Waals surface area contributed by atoms with Gasteiger partial charge in [0.15, 0.2) is 0 Å². The van der Waals surface area contributed by atoms with Crippen LogP contribution in [0.5, 0.6) is 0 Å². The highest BCUT2D eigenvalue weighted by Gasteiger charge is 1.99. The van der Waals surface area contributed by atoms with Crippen molar-refractivity contribution in [1.29, 1.82) is 0 Å². The van der Waals surface area contributed by atoms with Gasteiger partial charge in [0.05, 0.1) is 0 Å². The van der Waals surface area contributed by atoms with Crippen molar-refractivity contribution in [3.8, 4) is 0 Å². The smallest absolute Gasteiger partial charge is 0.173 e. The van der Waals surface area contributed by atoms with Crippen LogP contribution in [0.3, 0.4) is 0 Å². The third-order valence-electron chi connectivity index (χ3n) is 2.73. The van der Waals surface area contributed by atoms with Gasteiger partial charge in [-0.05, 0) is 25.3 Å². The second-order valence-corrected chi connectivity index (χ2v) is 4.27. The molecular formula is C13H24F2. The van der Waals surface area contributed by atoms with E-state index in [0.717, 1.165) is 12.8 Å². The summed E-state index contributed by atoms with van der Waals surface area (Å²) in [5.74, 6) is 0. The predicted molar refractivity (Wildman–Crippen MR) is 62.1 cm³/mol. The summed E-state index contributed by atoms with van der Waals surface area (Å²) in [5.41, 5.74) is 0.265. The Hall–Kier alpha value is -0.400. The van der Waals surface area contributed by atoms with Crippen LogP contribution in [0.15, 0.2) is 11.7 Å². The molecule has 90 valence electrons. The van der Waals surface area contributed by atoms with Crippen molar-refractivity contribution in [2.24, 2.45) is 0 Å². The summed E-state index contributed by atoms with van der Waals surface area (Å²) in [7, 11) is 0. The Kier molecular flexibility index (Phi) is 9.86. The number of hydrogen-bond donors (Lipinski definition) is 0. The first-order valence-corrected chi connectivity index (χ1v) is 6.19. The first kappa shape index (κ1) is 14.6. The summed E-state index contributed by atoms with van der Waals surface area (Å²) < 4.78 is 24.0. The molecule has 0 spiro atoms. The van der Waals surface area contributed by atoms with Crippen molar-refractivity contribution in [1.82, 2.24) is 0 Å². The largest absolute Gasteiger partial charge is 0.269 e. The molecule has 0 unspecified atom stereocenters. The van der Waals surface area contributed by atoms with E-state index in [2.05, 4.69) is 6.92 Å². The van der Waals surface area contributed by atoms with Crippen LogP contribution in [0, 0.1) is 0 Å². The molecule has 0 fully saturated rings. The molecule has 0 aromatic carbocycles. The minimum absolute atomic E-state index is 0.265. The lowest BCUT2D eigenvalue weighted by molar-refractivity contribution is 0.406. The molecule has 0 aliphatic rings. The van der Waals surface area contributed by atoms with Crippen LogP contribution >= 0.6 is 0 Å². The Morgan fingerprint density at radius 1 is 0.800 bits per heavy atom. The molecule has 0 saturated heterocycles. The van der Waals surface area contributed by atoms with E-state index in [1.165, 1.54) is 45.4 Å². The second-order valence-electron chi connectivity index (χ2n) is 4.27. The molecule has 0 rings (SSSR count). The van der Waals surface area contributed by atoms with Gasteiger partial charge in [0.2, 0.25) is 0 Å². The molecule has 15 heavy (non-hydrogen) atoms. The Bertz CT molecular complexity index is 169. The molecule has 0 saturated carbocycles. The number of allylic oxidation sites excluding steroid dienone is 1. The van der Waals surface area contributed by atoms with Crippen molar-refractivity contribution in [3.05, 3.63) is 11.7 Å². The average Bonchev–Trinajstić information content (AvgIpc) is 2.21. The summed E-state index contributed by atoms with van der Waals surface area (Å²) in [5, 5.41) is 0. The normalized spacial score (nSPS) is 10.4. The van der Waals surface area contributed by atoms with Crippen molar-refractivity contribution in [2.45, 2.75) is 71.6 Å². The SMILES string of the molecule is CCCCCCCCCCC(C)=C(F)F. The first-order chi connectivity index (χ1) is 7.18. The maximum Gasteiger partial charge on any atom is 0.269 e. The van der Waals surface area contributed by atoms with Gasteiger partial charge < -0.3 is 0 Å². The van der Waals surface area contributed by atoms with Crippen LogP contribution in [-0.2, 0) is 0 Å². The fraction of sp³-hybridized carbons (Fsp3) is 0.846. The lowest BCUT2D eigenvalue weighted by Gasteiger charge is -2.01. The molecule has 2 heteroatoms. The molecule has 0 nitrogen and oxygen atoms in total. The molecular weight excluding hydrogens is 194 g/mol. The highest BCUT2D eigenvalue weighted by molar-refractivity contribution is 4.97. The van der Waals surface area contributed by atoms with E-state index in [4.69, 9.17) is 0 Å². The molecule has 0 bridgehead atoms. The Morgan fingerprint density at radius 3 is 1.73 bits per heavy atom. The zero-order valence-electron chi connectivity index (χ0n) is 10.1. The van der Waals surface area contributed by atoms with Gasteiger partial charge in [-0.1, -0.05) is 51.9 Å². The van der Waals surface area contributed by atoms with Gasteiger partial charge in [-0.15, -0.1) is 0 Å². The number of hydrogen-bond acceptors (Lipinski definition) is 0. The second kappa shape index (κ2) is 10.1. The summed E-state index contributed by atoms with van der Waals surface area (Å²) >= 11 is 0. The van der Waals surface area contributed by atoms with Gasteiger partial charge in [0.25, 0.3) is 6.08 Å².